The van der Waals surface area contributed by atoms with Crippen molar-refractivity contribution >= 4 is 23.8 Å². The van der Waals surface area contributed by atoms with E-state index in [1.807, 2.05) is 6.08 Å². The Kier molecular flexibility index (Phi) is 25.2. The summed E-state index contributed by atoms with van der Waals surface area (Å²) >= 11 is 0. The van der Waals surface area contributed by atoms with Gasteiger partial charge >= 0.3 is 11.9 Å². The van der Waals surface area contributed by atoms with Crippen molar-refractivity contribution < 1.29 is 28.7 Å². The van der Waals surface area contributed by atoms with Crippen molar-refractivity contribution in [2.75, 3.05) is 13.7 Å². The largest absolute Gasteiger partial charge is 0.466 e. The smallest absolute Gasteiger partial charge is 0.330 e. The van der Waals surface area contributed by atoms with Crippen LogP contribution in [-0.2, 0) is 28.7 Å². The van der Waals surface area contributed by atoms with Crippen LogP contribution in [0.4, 0.5) is 0 Å². The second-order valence-corrected chi connectivity index (χ2v) is 11.3. The molecule has 0 saturated carbocycles. The molecule has 0 rings (SSSR count). The summed E-state index contributed by atoms with van der Waals surface area (Å²) in [5.74, 6) is -1.85. The summed E-state index contributed by atoms with van der Waals surface area (Å²) in [4.78, 5) is 48.1. The molecule has 0 bridgehead atoms. The molecule has 0 heterocycles. The molecule has 0 fully saturated rings. The molecule has 0 aromatic rings. The zero-order valence-corrected chi connectivity index (χ0v) is 28.1. The van der Waals surface area contributed by atoms with Gasteiger partial charge in [0.1, 0.15) is 11.6 Å². The number of methoxy groups -OCH3 is 1. The Balaban J connectivity index is 4.13. The quantitative estimate of drug-likeness (QED) is 0.0534. The molecule has 8 heteroatoms. The first-order valence-corrected chi connectivity index (χ1v) is 16.0. The zero-order chi connectivity index (χ0) is 33.6. The number of ether oxygens (including phenoxy) is 2. The van der Waals surface area contributed by atoms with Gasteiger partial charge in [-0.15, -0.1) is 0 Å². The van der Waals surface area contributed by atoms with Crippen molar-refractivity contribution in [2.45, 2.75) is 110 Å². The third-order valence-corrected chi connectivity index (χ3v) is 5.96. The lowest BCUT2D eigenvalue weighted by atomic mass is 10.1. The number of allylic oxidation sites excluding steroid dienone is 12. The third kappa shape index (κ3) is 28.6. The number of carbonyl (C=O) groups is 4. The number of nitrogens with one attached hydrogen (secondary N) is 2. The molecule has 0 aliphatic rings. The van der Waals surface area contributed by atoms with Crippen LogP contribution in [0, 0.1) is 0 Å². The average molecular weight is 625 g/mol. The lowest BCUT2D eigenvalue weighted by Gasteiger charge is -2.24. The van der Waals surface area contributed by atoms with Gasteiger partial charge in [-0.1, -0.05) is 79.8 Å². The molecule has 0 radical (unpaired) electrons. The molecule has 2 amide bonds. The number of unbranched alkanes of at least 4 members (excludes halogenated alkanes) is 1. The maximum Gasteiger partial charge on any atom is 0.330 e. The van der Waals surface area contributed by atoms with Gasteiger partial charge in [-0.25, -0.2) is 9.59 Å². The van der Waals surface area contributed by atoms with E-state index in [1.165, 1.54) is 7.11 Å². The standard InChI is InChI=1S/C37H56N2O6/c1-6-7-8-9-10-11-12-13-14-15-16-17-18-19-20-21-22-23-24-28-33(40)38-31-26-25-27-32(36(43)45-37(2,3)4)39-34(41)29-30-35(42)44-5/h7-8,10-11,13-14,16-17,19-20,22-23,29-30,32H,6,9,12,15,18,21,24-28,31H2,1-5H3,(H,38,40)(H,39,41)/t32-/m0/s1. The van der Waals surface area contributed by atoms with Crippen LogP contribution in [-0.4, -0.2) is 49.1 Å². The van der Waals surface area contributed by atoms with Crippen LogP contribution < -0.4 is 10.6 Å². The Morgan fingerprint density at radius 1 is 0.711 bits per heavy atom. The second-order valence-electron chi connectivity index (χ2n) is 11.3. The summed E-state index contributed by atoms with van der Waals surface area (Å²) in [6.07, 6.45) is 36.2. The van der Waals surface area contributed by atoms with Crippen molar-refractivity contribution in [1.82, 2.24) is 10.6 Å². The minimum Gasteiger partial charge on any atom is -0.466 e. The molecule has 0 spiro atoms. The highest BCUT2D eigenvalue weighted by Crippen LogP contribution is 2.12. The van der Waals surface area contributed by atoms with Crippen LogP contribution in [0.15, 0.2) is 85.1 Å². The number of carbonyl (C=O) groups excluding carboxylic acids is 4. The topological polar surface area (TPSA) is 111 Å². The van der Waals surface area contributed by atoms with E-state index in [4.69, 9.17) is 4.74 Å². The monoisotopic (exact) mass is 624 g/mol. The Morgan fingerprint density at radius 2 is 1.22 bits per heavy atom. The van der Waals surface area contributed by atoms with Crippen LogP contribution in [0.2, 0.25) is 0 Å². The van der Waals surface area contributed by atoms with Gasteiger partial charge in [0, 0.05) is 25.1 Å². The molecule has 45 heavy (non-hydrogen) atoms. The van der Waals surface area contributed by atoms with E-state index in [1.54, 1.807) is 20.8 Å². The first kappa shape index (κ1) is 41.1. The van der Waals surface area contributed by atoms with Crippen LogP contribution in [0.5, 0.6) is 0 Å². The normalized spacial score (nSPS) is 13.3. The highest BCUT2D eigenvalue weighted by Gasteiger charge is 2.25. The molecule has 250 valence electrons. The van der Waals surface area contributed by atoms with E-state index >= 15 is 0 Å². The first-order valence-electron chi connectivity index (χ1n) is 16.0. The molecular weight excluding hydrogens is 568 g/mol. The molecule has 0 unspecified atom stereocenters. The molecule has 1 atom stereocenters. The zero-order valence-electron chi connectivity index (χ0n) is 28.1. The second kappa shape index (κ2) is 27.6. The summed E-state index contributed by atoms with van der Waals surface area (Å²) < 4.78 is 9.88. The van der Waals surface area contributed by atoms with E-state index < -0.39 is 29.5 Å². The molecule has 0 aromatic carbocycles. The van der Waals surface area contributed by atoms with E-state index in [0.717, 1.165) is 50.7 Å². The first-order chi connectivity index (χ1) is 21.6. The fraction of sp³-hybridized carbons (Fsp3) is 0.514. The van der Waals surface area contributed by atoms with Crippen molar-refractivity contribution in [1.29, 1.82) is 0 Å². The minimum absolute atomic E-state index is 0.0283. The molecular formula is C37H56N2O6. The van der Waals surface area contributed by atoms with Crippen molar-refractivity contribution in [3.63, 3.8) is 0 Å². The average Bonchev–Trinajstić information content (AvgIpc) is 2.99. The molecule has 2 N–H and O–H groups in total. The van der Waals surface area contributed by atoms with Crippen molar-refractivity contribution in [3.8, 4) is 0 Å². The highest BCUT2D eigenvalue weighted by molar-refractivity contribution is 5.96. The van der Waals surface area contributed by atoms with Gasteiger partial charge in [0.2, 0.25) is 11.8 Å². The number of amides is 2. The van der Waals surface area contributed by atoms with Crippen LogP contribution in [0.3, 0.4) is 0 Å². The van der Waals surface area contributed by atoms with E-state index in [0.29, 0.717) is 38.6 Å². The molecule has 0 aliphatic heterocycles. The van der Waals surface area contributed by atoms with E-state index in [2.05, 4.69) is 89.1 Å². The van der Waals surface area contributed by atoms with Gasteiger partial charge in [-0.2, -0.15) is 0 Å². The SMILES string of the molecule is CCC=CCC=CCC=CCC=CCC=CCC=CCCC(=O)NCCCC[C@H](NC(=O)C=CC(=O)OC)C(=O)OC(C)(C)C. The summed E-state index contributed by atoms with van der Waals surface area (Å²) in [5.41, 5.74) is -0.709. The van der Waals surface area contributed by atoms with Gasteiger partial charge in [-0.3, -0.25) is 9.59 Å². The summed E-state index contributed by atoms with van der Waals surface area (Å²) in [5, 5.41) is 5.47. The fourth-order valence-corrected chi connectivity index (χ4v) is 3.70. The van der Waals surface area contributed by atoms with Crippen LogP contribution >= 0.6 is 0 Å². The number of rotatable bonds is 23. The summed E-state index contributed by atoms with van der Waals surface area (Å²) in [6, 6.07) is -0.872. The van der Waals surface area contributed by atoms with Crippen LogP contribution in [0.25, 0.3) is 0 Å². The Labute approximate surface area is 271 Å². The molecule has 0 saturated heterocycles. The maximum atomic E-state index is 12.6. The van der Waals surface area contributed by atoms with Gasteiger partial charge in [0.05, 0.1) is 7.11 Å². The predicted molar refractivity (Wildman–Crippen MR) is 183 cm³/mol. The van der Waals surface area contributed by atoms with Gasteiger partial charge < -0.3 is 20.1 Å². The van der Waals surface area contributed by atoms with Gasteiger partial charge in [0.25, 0.3) is 0 Å². The number of hydrogen-bond acceptors (Lipinski definition) is 6. The lowest BCUT2D eigenvalue weighted by molar-refractivity contribution is -0.158. The van der Waals surface area contributed by atoms with Gasteiger partial charge in [-0.05, 0) is 85.0 Å². The van der Waals surface area contributed by atoms with Crippen LogP contribution in [0.1, 0.15) is 98.3 Å². The van der Waals surface area contributed by atoms with Crippen molar-refractivity contribution in [3.05, 3.63) is 85.1 Å². The van der Waals surface area contributed by atoms with Crippen molar-refractivity contribution in [2.24, 2.45) is 0 Å². The highest BCUT2D eigenvalue weighted by atomic mass is 16.6. The lowest BCUT2D eigenvalue weighted by Crippen LogP contribution is -2.43. The summed E-state index contributed by atoms with van der Waals surface area (Å²) in [7, 11) is 1.21. The number of hydrogen-bond donors (Lipinski definition) is 2. The fourth-order valence-electron chi connectivity index (χ4n) is 3.70. The molecule has 0 aliphatic carbocycles. The van der Waals surface area contributed by atoms with E-state index in [9.17, 15) is 19.2 Å². The Hall–Kier alpha value is -3.94. The number of esters is 2. The Morgan fingerprint density at radius 3 is 1.71 bits per heavy atom. The van der Waals surface area contributed by atoms with Gasteiger partial charge in [0.15, 0.2) is 0 Å². The molecule has 0 aromatic heterocycles. The Bertz CT molecular complexity index is 1060. The maximum absolute atomic E-state index is 12.6. The third-order valence-electron chi connectivity index (χ3n) is 5.96. The molecule has 8 nitrogen and oxygen atoms in total. The van der Waals surface area contributed by atoms with E-state index in [-0.39, 0.29) is 5.91 Å². The summed E-state index contributed by atoms with van der Waals surface area (Å²) in [6.45, 7) is 7.85. The minimum atomic E-state index is -0.872. The predicted octanol–water partition coefficient (Wildman–Crippen LogP) is 7.31.